The molecule has 0 unspecified atom stereocenters. The topological polar surface area (TPSA) is 62.9 Å². The normalized spacial score (nSPS) is 16.1. The molecular weight excluding hydrogens is 379 g/mol. The number of hydrogen-bond donors (Lipinski definition) is 2. The summed E-state index contributed by atoms with van der Waals surface area (Å²) in [6.45, 7) is 4.11. The molecule has 1 aromatic carbocycles. The first-order valence-electron chi connectivity index (χ1n) is 7.21. The first-order chi connectivity index (χ1) is 9.78. The minimum absolute atomic E-state index is 0. The summed E-state index contributed by atoms with van der Waals surface area (Å²) < 4.78 is 5.17. The number of methoxy groups -OCH3 is 1. The summed E-state index contributed by atoms with van der Waals surface area (Å²) in [5.74, 6) is 1.26. The average Bonchev–Trinajstić information content (AvgIpc) is 2.48. The molecule has 0 bridgehead atoms. The lowest BCUT2D eigenvalue weighted by Crippen LogP contribution is -2.32. The highest BCUT2D eigenvalue weighted by molar-refractivity contribution is 14.0. The molecule has 0 aromatic heterocycles. The number of guanidine groups is 1. The Hall–Kier alpha value is -1.02. The maximum absolute atomic E-state index is 5.89. The molecule has 0 atom stereocenters. The molecule has 118 valence electrons. The van der Waals surface area contributed by atoms with Gasteiger partial charge in [0.05, 0.1) is 13.7 Å². The Balaban J connectivity index is 0.00000220. The predicted octanol–water partition coefficient (Wildman–Crippen LogP) is 2.53. The molecule has 1 aromatic rings. The van der Waals surface area contributed by atoms with Crippen LogP contribution in [0.4, 0.5) is 5.69 Å². The molecule has 0 amide bonds. The second-order valence-electron chi connectivity index (χ2n) is 5.03. The van der Waals surface area contributed by atoms with E-state index >= 15 is 0 Å². The summed E-state index contributed by atoms with van der Waals surface area (Å²) in [6.07, 6.45) is 3.97. The van der Waals surface area contributed by atoms with E-state index in [1.807, 2.05) is 24.3 Å². The van der Waals surface area contributed by atoms with Gasteiger partial charge in [-0.3, -0.25) is 4.99 Å². The minimum atomic E-state index is 0. The summed E-state index contributed by atoms with van der Waals surface area (Å²) in [6, 6.07) is 7.65. The van der Waals surface area contributed by atoms with E-state index in [-0.39, 0.29) is 24.0 Å². The Morgan fingerprint density at radius 2 is 2.10 bits per heavy atom. The third-order valence-electron chi connectivity index (χ3n) is 3.49. The van der Waals surface area contributed by atoms with Gasteiger partial charge in [0.2, 0.25) is 0 Å². The van der Waals surface area contributed by atoms with Gasteiger partial charge in [-0.2, -0.15) is 0 Å². The Morgan fingerprint density at radius 3 is 2.81 bits per heavy atom. The first kappa shape index (κ1) is 18.0. The van der Waals surface area contributed by atoms with E-state index in [2.05, 4.69) is 15.2 Å². The van der Waals surface area contributed by atoms with Crippen LogP contribution in [0.25, 0.3) is 0 Å². The maximum Gasteiger partial charge on any atom is 0.193 e. The average molecular weight is 404 g/mol. The van der Waals surface area contributed by atoms with Crippen molar-refractivity contribution >= 4 is 35.6 Å². The smallest absolute Gasteiger partial charge is 0.193 e. The number of likely N-dealkylation sites (tertiary alicyclic amines) is 1. The van der Waals surface area contributed by atoms with Crippen molar-refractivity contribution in [2.75, 3.05) is 38.6 Å². The van der Waals surface area contributed by atoms with E-state index in [0.29, 0.717) is 5.96 Å². The molecule has 3 N–H and O–H groups in total. The SMILES string of the molecule is COc1cccc(NC(N)=NCCN2CCCCC2)c1.I. The second kappa shape index (κ2) is 9.83. The lowest BCUT2D eigenvalue weighted by molar-refractivity contribution is 0.235. The van der Waals surface area contributed by atoms with Gasteiger partial charge in [0.1, 0.15) is 5.75 Å². The molecule has 0 spiro atoms. The van der Waals surface area contributed by atoms with Crippen LogP contribution in [-0.4, -0.2) is 44.1 Å². The number of benzene rings is 1. The number of ether oxygens (including phenoxy) is 1. The number of hydrogen-bond acceptors (Lipinski definition) is 3. The van der Waals surface area contributed by atoms with Gasteiger partial charge in [0, 0.05) is 18.3 Å². The van der Waals surface area contributed by atoms with Crippen LogP contribution in [0.5, 0.6) is 5.75 Å². The predicted molar refractivity (Wildman–Crippen MR) is 98.8 cm³/mol. The Kier molecular flexibility index (Phi) is 8.44. The third kappa shape index (κ3) is 6.52. The standard InChI is InChI=1S/C15H24N4O.HI/c1-20-14-7-5-6-13(12-14)18-15(16)17-8-11-19-9-3-2-4-10-19;/h5-7,12H,2-4,8-11H2,1H3,(H3,16,17,18);1H. The quantitative estimate of drug-likeness (QED) is 0.450. The molecule has 0 saturated carbocycles. The number of nitrogens with one attached hydrogen (secondary N) is 1. The molecule has 5 nitrogen and oxygen atoms in total. The van der Waals surface area contributed by atoms with Crippen LogP contribution in [0.15, 0.2) is 29.3 Å². The monoisotopic (exact) mass is 404 g/mol. The molecular formula is C15H25IN4O. The lowest BCUT2D eigenvalue weighted by Gasteiger charge is -2.25. The van der Waals surface area contributed by atoms with E-state index in [1.165, 1.54) is 32.4 Å². The maximum atomic E-state index is 5.89. The number of nitrogens with two attached hydrogens (primary N) is 1. The van der Waals surface area contributed by atoms with Crippen molar-refractivity contribution in [3.05, 3.63) is 24.3 Å². The summed E-state index contributed by atoms with van der Waals surface area (Å²) in [5, 5.41) is 3.08. The van der Waals surface area contributed by atoms with Crippen molar-refractivity contribution < 1.29 is 4.74 Å². The van der Waals surface area contributed by atoms with Gasteiger partial charge in [-0.1, -0.05) is 12.5 Å². The highest BCUT2D eigenvalue weighted by Crippen LogP contribution is 2.16. The summed E-state index contributed by atoms with van der Waals surface area (Å²) >= 11 is 0. The number of anilines is 1. The van der Waals surface area contributed by atoms with Crippen molar-refractivity contribution in [2.45, 2.75) is 19.3 Å². The van der Waals surface area contributed by atoms with E-state index in [1.54, 1.807) is 7.11 Å². The molecule has 0 aliphatic carbocycles. The van der Waals surface area contributed by atoms with Crippen molar-refractivity contribution in [1.82, 2.24) is 4.90 Å². The van der Waals surface area contributed by atoms with Gasteiger partial charge in [-0.05, 0) is 38.1 Å². The highest BCUT2D eigenvalue weighted by atomic mass is 127. The zero-order valence-corrected chi connectivity index (χ0v) is 14.9. The Morgan fingerprint density at radius 1 is 1.33 bits per heavy atom. The van der Waals surface area contributed by atoms with Gasteiger partial charge in [-0.15, -0.1) is 24.0 Å². The molecule has 6 heteroatoms. The Labute approximate surface area is 144 Å². The number of halogens is 1. The number of aliphatic imine (C=N–C) groups is 1. The zero-order chi connectivity index (χ0) is 14.2. The van der Waals surface area contributed by atoms with Crippen LogP contribution in [0, 0.1) is 0 Å². The fraction of sp³-hybridized carbons (Fsp3) is 0.533. The van der Waals surface area contributed by atoms with Crippen LogP contribution in [0.2, 0.25) is 0 Å². The van der Waals surface area contributed by atoms with Crippen molar-refractivity contribution in [1.29, 1.82) is 0 Å². The van der Waals surface area contributed by atoms with E-state index < -0.39 is 0 Å². The third-order valence-corrected chi connectivity index (χ3v) is 3.49. The van der Waals surface area contributed by atoms with E-state index in [0.717, 1.165) is 24.5 Å². The second-order valence-corrected chi connectivity index (χ2v) is 5.03. The Bertz CT molecular complexity index is 447. The summed E-state index contributed by atoms with van der Waals surface area (Å²) in [7, 11) is 1.65. The fourth-order valence-corrected chi connectivity index (χ4v) is 2.38. The number of rotatable bonds is 5. The molecule has 1 aliphatic rings. The van der Waals surface area contributed by atoms with Crippen LogP contribution in [0.3, 0.4) is 0 Å². The van der Waals surface area contributed by atoms with Gasteiger partial charge in [-0.25, -0.2) is 0 Å². The van der Waals surface area contributed by atoms with Crippen molar-refractivity contribution in [2.24, 2.45) is 10.7 Å². The molecule has 0 radical (unpaired) electrons. The van der Waals surface area contributed by atoms with Crippen LogP contribution in [-0.2, 0) is 0 Å². The van der Waals surface area contributed by atoms with Gasteiger partial charge >= 0.3 is 0 Å². The molecule has 2 rings (SSSR count). The summed E-state index contributed by atoms with van der Waals surface area (Å²) in [5.41, 5.74) is 6.78. The van der Waals surface area contributed by atoms with Crippen LogP contribution in [0.1, 0.15) is 19.3 Å². The zero-order valence-electron chi connectivity index (χ0n) is 12.5. The van der Waals surface area contributed by atoms with Crippen LogP contribution < -0.4 is 15.8 Å². The van der Waals surface area contributed by atoms with Gasteiger partial charge < -0.3 is 20.7 Å². The number of nitrogens with zero attached hydrogens (tertiary/aromatic N) is 2. The highest BCUT2D eigenvalue weighted by Gasteiger charge is 2.08. The van der Waals surface area contributed by atoms with Gasteiger partial charge in [0.15, 0.2) is 5.96 Å². The first-order valence-corrected chi connectivity index (χ1v) is 7.21. The molecule has 1 fully saturated rings. The molecule has 1 heterocycles. The lowest BCUT2D eigenvalue weighted by atomic mass is 10.1. The van der Waals surface area contributed by atoms with Gasteiger partial charge in [0.25, 0.3) is 0 Å². The fourth-order valence-electron chi connectivity index (χ4n) is 2.38. The molecule has 1 saturated heterocycles. The molecule has 21 heavy (non-hydrogen) atoms. The van der Waals surface area contributed by atoms with E-state index in [4.69, 9.17) is 10.5 Å². The van der Waals surface area contributed by atoms with E-state index in [9.17, 15) is 0 Å². The molecule has 1 aliphatic heterocycles. The van der Waals surface area contributed by atoms with Crippen molar-refractivity contribution in [3.8, 4) is 5.75 Å². The summed E-state index contributed by atoms with van der Waals surface area (Å²) in [4.78, 5) is 6.82. The number of piperidine rings is 1. The minimum Gasteiger partial charge on any atom is -0.497 e. The largest absolute Gasteiger partial charge is 0.497 e. The van der Waals surface area contributed by atoms with Crippen molar-refractivity contribution in [3.63, 3.8) is 0 Å². The van der Waals surface area contributed by atoms with Crippen LogP contribution >= 0.6 is 24.0 Å².